The number of carbonyl (C=O) groups is 1. The first kappa shape index (κ1) is 18.5. The van der Waals surface area contributed by atoms with Gasteiger partial charge in [0.2, 0.25) is 5.91 Å². The largest absolute Gasteiger partial charge is 0.419 e. The van der Waals surface area contributed by atoms with Gasteiger partial charge in [-0.05, 0) is 56.0 Å². The Bertz CT molecular complexity index is 762. The van der Waals surface area contributed by atoms with Gasteiger partial charge >= 0.3 is 5.76 Å². The van der Waals surface area contributed by atoms with Crippen molar-refractivity contribution in [2.24, 2.45) is 18.9 Å². The quantitative estimate of drug-likeness (QED) is 0.885. The minimum atomic E-state index is -0.401. The number of fused-ring (bicyclic) bond motifs is 1. The first-order valence-electron chi connectivity index (χ1n) is 8.15. The Hall–Kier alpha value is -1.79. The van der Waals surface area contributed by atoms with Gasteiger partial charge in [-0.1, -0.05) is 6.92 Å². The van der Waals surface area contributed by atoms with E-state index in [0.29, 0.717) is 35.0 Å². The summed E-state index contributed by atoms with van der Waals surface area (Å²) in [5.41, 5.74) is 1.89. The lowest BCUT2D eigenvalue weighted by molar-refractivity contribution is -0.117. The van der Waals surface area contributed by atoms with Crippen LogP contribution in [0.4, 0.5) is 5.69 Å². The summed E-state index contributed by atoms with van der Waals surface area (Å²) in [5.74, 6) is 0.523. The molecule has 1 aliphatic heterocycles. The predicted octanol–water partition coefficient (Wildman–Crippen LogP) is 2.52. The van der Waals surface area contributed by atoms with E-state index < -0.39 is 5.76 Å². The van der Waals surface area contributed by atoms with Gasteiger partial charge in [-0.15, -0.1) is 12.4 Å². The number of amides is 1. The van der Waals surface area contributed by atoms with Crippen LogP contribution in [0.1, 0.15) is 26.2 Å². The summed E-state index contributed by atoms with van der Waals surface area (Å²) in [6, 6.07) is 5.24. The van der Waals surface area contributed by atoms with Crippen LogP contribution >= 0.6 is 12.4 Å². The molecule has 0 spiro atoms. The lowest BCUT2D eigenvalue weighted by atomic mass is 9.85. The van der Waals surface area contributed by atoms with E-state index in [1.165, 1.54) is 17.4 Å². The molecule has 1 saturated heterocycles. The monoisotopic (exact) mass is 353 g/mol. The van der Waals surface area contributed by atoms with E-state index in [-0.39, 0.29) is 18.3 Å². The Morgan fingerprint density at radius 3 is 3.00 bits per heavy atom. The molecule has 1 fully saturated rings. The van der Waals surface area contributed by atoms with Gasteiger partial charge in [-0.25, -0.2) is 4.79 Å². The molecular formula is C17H24ClN3O3. The van der Waals surface area contributed by atoms with E-state index in [4.69, 9.17) is 4.42 Å². The summed E-state index contributed by atoms with van der Waals surface area (Å²) < 4.78 is 6.52. The predicted molar refractivity (Wildman–Crippen MR) is 96.7 cm³/mol. The van der Waals surface area contributed by atoms with Crippen molar-refractivity contribution < 1.29 is 9.21 Å². The molecule has 2 N–H and O–H groups in total. The molecule has 0 saturated carbocycles. The van der Waals surface area contributed by atoms with E-state index in [9.17, 15) is 9.59 Å². The van der Waals surface area contributed by atoms with Crippen LogP contribution in [0.25, 0.3) is 11.1 Å². The number of benzene rings is 1. The molecule has 0 aliphatic carbocycles. The fourth-order valence-electron chi connectivity index (χ4n) is 3.24. The second-order valence-corrected chi connectivity index (χ2v) is 6.45. The van der Waals surface area contributed by atoms with Crippen molar-refractivity contribution >= 4 is 35.1 Å². The Kier molecular flexibility index (Phi) is 6.07. The van der Waals surface area contributed by atoms with Crippen molar-refractivity contribution in [2.75, 3.05) is 18.4 Å². The van der Waals surface area contributed by atoms with Gasteiger partial charge in [0.25, 0.3) is 0 Å². The summed E-state index contributed by atoms with van der Waals surface area (Å²) in [7, 11) is 1.65. The van der Waals surface area contributed by atoms with Crippen molar-refractivity contribution in [2.45, 2.75) is 26.2 Å². The minimum absolute atomic E-state index is 0. The average Bonchev–Trinajstić information content (AvgIpc) is 2.83. The molecule has 0 radical (unpaired) electrons. The maximum absolute atomic E-state index is 12.3. The zero-order valence-corrected chi connectivity index (χ0v) is 14.8. The van der Waals surface area contributed by atoms with Gasteiger partial charge in [0.15, 0.2) is 5.58 Å². The van der Waals surface area contributed by atoms with Gasteiger partial charge in [0.1, 0.15) is 0 Å². The molecule has 132 valence electrons. The molecule has 3 rings (SSSR count). The Balaban J connectivity index is 0.00000208. The smallest absolute Gasteiger partial charge is 0.408 e. The number of hydrogen-bond donors (Lipinski definition) is 2. The highest BCUT2D eigenvalue weighted by molar-refractivity contribution is 5.92. The fourth-order valence-corrected chi connectivity index (χ4v) is 3.24. The van der Waals surface area contributed by atoms with Gasteiger partial charge in [-0.3, -0.25) is 9.36 Å². The average molecular weight is 354 g/mol. The number of aromatic nitrogens is 1. The fraction of sp³-hybridized carbons (Fsp3) is 0.529. The molecule has 2 heterocycles. The summed E-state index contributed by atoms with van der Waals surface area (Å²) in [5, 5.41) is 6.32. The number of carbonyl (C=O) groups excluding carboxylic acids is 1. The maximum atomic E-state index is 12.3. The third-order valence-corrected chi connectivity index (χ3v) is 4.72. The standard InChI is InChI=1S/C17H23N3O3.ClH/c1-11(12-4-3-7-18-10-12)8-16(21)19-13-5-6-15-14(9-13)20(2)17(22)23-15;/h5-6,9,11-12,18H,3-4,7-8,10H2,1-2H3,(H,19,21);1H. The number of hydrogen-bond acceptors (Lipinski definition) is 4. The Morgan fingerprint density at radius 2 is 2.29 bits per heavy atom. The summed E-state index contributed by atoms with van der Waals surface area (Å²) >= 11 is 0. The maximum Gasteiger partial charge on any atom is 0.419 e. The van der Waals surface area contributed by atoms with Crippen LogP contribution in [0.15, 0.2) is 27.4 Å². The lowest BCUT2D eigenvalue weighted by Gasteiger charge is -2.28. The molecule has 0 bridgehead atoms. The number of piperidine rings is 1. The van der Waals surface area contributed by atoms with E-state index in [1.54, 1.807) is 25.2 Å². The third-order valence-electron chi connectivity index (χ3n) is 4.72. The van der Waals surface area contributed by atoms with Gasteiger partial charge in [0, 0.05) is 19.2 Å². The number of nitrogens with one attached hydrogen (secondary N) is 2. The van der Waals surface area contributed by atoms with Crippen molar-refractivity contribution in [3.05, 3.63) is 28.7 Å². The second-order valence-electron chi connectivity index (χ2n) is 6.45. The van der Waals surface area contributed by atoms with Crippen molar-refractivity contribution in [3.63, 3.8) is 0 Å². The number of aryl methyl sites for hydroxylation is 1. The van der Waals surface area contributed by atoms with Crippen LogP contribution < -0.4 is 16.4 Å². The van der Waals surface area contributed by atoms with E-state index in [1.807, 2.05) is 0 Å². The Morgan fingerprint density at radius 1 is 1.50 bits per heavy atom. The SMILES string of the molecule is CC(CC(=O)Nc1ccc2oc(=O)n(C)c2c1)C1CCCNC1.Cl. The Labute approximate surface area is 147 Å². The normalized spacial score (nSPS) is 18.8. The van der Waals surface area contributed by atoms with Gasteiger partial charge < -0.3 is 15.1 Å². The topological polar surface area (TPSA) is 76.3 Å². The summed E-state index contributed by atoms with van der Waals surface area (Å²) in [6.07, 6.45) is 2.88. The molecule has 24 heavy (non-hydrogen) atoms. The summed E-state index contributed by atoms with van der Waals surface area (Å²) in [4.78, 5) is 23.8. The van der Waals surface area contributed by atoms with Crippen LogP contribution in [-0.2, 0) is 11.8 Å². The molecule has 2 unspecified atom stereocenters. The number of oxazole rings is 1. The van der Waals surface area contributed by atoms with Crippen LogP contribution in [0.5, 0.6) is 0 Å². The zero-order chi connectivity index (χ0) is 16.4. The molecule has 1 amide bonds. The lowest BCUT2D eigenvalue weighted by Crippen LogP contribution is -2.34. The third kappa shape index (κ3) is 3.99. The summed E-state index contributed by atoms with van der Waals surface area (Å²) in [6.45, 7) is 4.22. The van der Waals surface area contributed by atoms with Crippen LogP contribution in [0.3, 0.4) is 0 Å². The van der Waals surface area contributed by atoms with Crippen LogP contribution in [-0.4, -0.2) is 23.6 Å². The zero-order valence-electron chi connectivity index (χ0n) is 14.0. The number of halogens is 1. The molecule has 1 aliphatic rings. The highest BCUT2D eigenvalue weighted by Crippen LogP contribution is 2.23. The van der Waals surface area contributed by atoms with Crippen LogP contribution in [0.2, 0.25) is 0 Å². The van der Waals surface area contributed by atoms with Crippen molar-refractivity contribution in [1.82, 2.24) is 9.88 Å². The first-order valence-corrected chi connectivity index (χ1v) is 8.15. The minimum Gasteiger partial charge on any atom is -0.408 e. The molecule has 7 heteroatoms. The van der Waals surface area contributed by atoms with Gasteiger partial charge in [0.05, 0.1) is 5.52 Å². The molecular weight excluding hydrogens is 330 g/mol. The van der Waals surface area contributed by atoms with E-state index in [0.717, 1.165) is 13.1 Å². The molecule has 2 atom stereocenters. The molecule has 2 aromatic rings. The number of rotatable bonds is 4. The molecule has 1 aromatic carbocycles. The molecule has 6 nitrogen and oxygen atoms in total. The van der Waals surface area contributed by atoms with Crippen molar-refractivity contribution in [3.8, 4) is 0 Å². The first-order chi connectivity index (χ1) is 11.0. The molecule has 1 aromatic heterocycles. The highest BCUT2D eigenvalue weighted by Gasteiger charge is 2.22. The highest BCUT2D eigenvalue weighted by atomic mass is 35.5. The van der Waals surface area contributed by atoms with E-state index >= 15 is 0 Å². The number of anilines is 1. The second kappa shape index (κ2) is 7.85. The van der Waals surface area contributed by atoms with Crippen LogP contribution in [0, 0.1) is 11.8 Å². The number of nitrogens with zero attached hydrogens (tertiary/aromatic N) is 1. The van der Waals surface area contributed by atoms with Crippen molar-refractivity contribution in [1.29, 1.82) is 0 Å². The van der Waals surface area contributed by atoms with E-state index in [2.05, 4.69) is 17.6 Å². The van der Waals surface area contributed by atoms with Gasteiger partial charge in [-0.2, -0.15) is 0 Å².